The predicted molar refractivity (Wildman–Crippen MR) is 122 cm³/mol. The van der Waals surface area contributed by atoms with Crippen LogP contribution in [-0.4, -0.2) is 22.8 Å². The van der Waals surface area contributed by atoms with Crippen molar-refractivity contribution >= 4 is 40.9 Å². The summed E-state index contributed by atoms with van der Waals surface area (Å²) in [6.45, 7) is 3.73. The van der Waals surface area contributed by atoms with Gasteiger partial charge in [-0.25, -0.2) is 9.37 Å². The quantitative estimate of drug-likeness (QED) is 0.456. The monoisotopic (exact) mass is 457 g/mol. The van der Waals surface area contributed by atoms with Crippen LogP contribution in [0.4, 0.5) is 10.1 Å². The molecule has 5 nitrogen and oxygen atoms in total. The third kappa shape index (κ3) is 6.29. The first-order valence-corrected chi connectivity index (χ1v) is 10.9. The van der Waals surface area contributed by atoms with Crippen LogP contribution in [0.5, 0.6) is 0 Å². The van der Waals surface area contributed by atoms with Crippen molar-refractivity contribution in [2.24, 2.45) is 0 Å². The first-order valence-electron chi connectivity index (χ1n) is 9.57. The molecule has 0 unspecified atom stereocenters. The summed E-state index contributed by atoms with van der Waals surface area (Å²) in [5, 5.41) is 6.43. The highest BCUT2D eigenvalue weighted by molar-refractivity contribution is 7.98. The van der Waals surface area contributed by atoms with E-state index in [4.69, 9.17) is 11.6 Å². The number of pyridine rings is 1. The van der Waals surface area contributed by atoms with Crippen LogP contribution in [0.15, 0.2) is 65.8 Å². The molecule has 0 radical (unpaired) electrons. The van der Waals surface area contributed by atoms with Gasteiger partial charge in [0.05, 0.1) is 16.3 Å². The lowest BCUT2D eigenvalue weighted by atomic mass is 10.1. The fourth-order valence-corrected chi connectivity index (χ4v) is 3.82. The molecule has 0 saturated carbocycles. The van der Waals surface area contributed by atoms with Crippen molar-refractivity contribution in [2.45, 2.75) is 30.7 Å². The first kappa shape index (κ1) is 22.8. The van der Waals surface area contributed by atoms with Crippen molar-refractivity contribution in [3.05, 3.63) is 88.3 Å². The maximum absolute atomic E-state index is 13.1. The van der Waals surface area contributed by atoms with Gasteiger partial charge < -0.3 is 10.6 Å². The van der Waals surface area contributed by atoms with E-state index >= 15 is 0 Å². The number of nitrogens with one attached hydrogen (secondary N) is 2. The van der Waals surface area contributed by atoms with Crippen LogP contribution in [-0.2, 0) is 5.75 Å². The molecule has 0 fully saturated rings. The van der Waals surface area contributed by atoms with E-state index < -0.39 is 5.91 Å². The van der Waals surface area contributed by atoms with Crippen LogP contribution in [0.3, 0.4) is 0 Å². The van der Waals surface area contributed by atoms with Gasteiger partial charge >= 0.3 is 0 Å². The maximum atomic E-state index is 13.1. The molecular formula is C23H21ClFN3O2S. The number of anilines is 1. The van der Waals surface area contributed by atoms with Crippen LogP contribution >= 0.6 is 23.4 Å². The molecule has 2 aromatic carbocycles. The number of amides is 2. The van der Waals surface area contributed by atoms with Gasteiger partial charge in [0.15, 0.2) is 0 Å². The average Bonchev–Trinajstić information content (AvgIpc) is 2.74. The summed E-state index contributed by atoms with van der Waals surface area (Å²) in [6.07, 6.45) is 1.60. The van der Waals surface area contributed by atoms with Crippen molar-refractivity contribution in [1.29, 1.82) is 0 Å². The standard InChI is InChI=1S/C23H21ClFN3O2S/c1-14(2)27-21(29)16-7-10-19(24)20(12-16)28-22(30)18-4-3-11-26-23(18)31-13-15-5-8-17(25)9-6-15/h3-12,14H,13H2,1-2H3,(H,27,29)(H,28,30). The van der Waals surface area contributed by atoms with Gasteiger partial charge in [0.2, 0.25) is 0 Å². The Morgan fingerprint density at radius 1 is 1.10 bits per heavy atom. The zero-order valence-corrected chi connectivity index (χ0v) is 18.6. The Balaban J connectivity index is 1.76. The number of carbonyl (C=O) groups excluding carboxylic acids is 2. The van der Waals surface area contributed by atoms with Gasteiger partial charge in [0.1, 0.15) is 10.8 Å². The van der Waals surface area contributed by atoms with Crippen LogP contribution in [0.25, 0.3) is 0 Å². The van der Waals surface area contributed by atoms with E-state index in [2.05, 4.69) is 15.6 Å². The number of hydrogen-bond donors (Lipinski definition) is 2. The van der Waals surface area contributed by atoms with Crippen molar-refractivity contribution in [2.75, 3.05) is 5.32 Å². The summed E-state index contributed by atoms with van der Waals surface area (Å²) in [5.41, 5.74) is 2.02. The van der Waals surface area contributed by atoms with Crippen molar-refractivity contribution in [3.8, 4) is 0 Å². The Morgan fingerprint density at radius 2 is 1.84 bits per heavy atom. The molecule has 0 bridgehead atoms. The predicted octanol–water partition coefficient (Wildman–Crippen LogP) is 5.56. The number of aromatic nitrogens is 1. The lowest BCUT2D eigenvalue weighted by molar-refractivity contribution is 0.0941. The van der Waals surface area contributed by atoms with Gasteiger partial charge in [0, 0.05) is 23.6 Å². The van der Waals surface area contributed by atoms with Gasteiger partial charge in [-0.15, -0.1) is 11.8 Å². The van der Waals surface area contributed by atoms with Gasteiger partial charge in [-0.1, -0.05) is 23.7 Å². The average molecular weight is 458 g/mol. The molecule has 3 aromatic rings. The normalized spacial score (nSPS) is 10.7. The maximum Gasteiger partial charge on any atom is 0.258 e. The molecule has 8 heteroatoms. The van der Waals surface area contributed by atoms with E-state index in [1.54, 1.807) is 48.7 Å². The number of rotatable bonds is 7. The molecule has 0 aliphatic heterocycles. The van der Waals surface area contributed by atoms with Gasteiger partial charge in [-0.3, -0.25) is 9.59 Å². The van der Waals surface area contributed by atoms with Crippen LogP contribution < -0.4 is 10.6 Å². The number of hydrogen-bond acceptors (Lipinski definition) is 4. The fourth-order valence-electron chi connectivity index (χ4n) is 2.71. The molecule has 0 aliphatic carbocycles. The molecule has 31 heavy (non-hydrogen) atoms. The first-order chi connectivity index (χ1) is 14.8. The minimum Gasteiger partial charge on any atom is -0.350 e. The summed E-state index contributed by atoms with van der Waals surface area (Å²) in [6, 6.07) is 14.2. The van der Waals surface area contributed by atoms with Crippen LogP contribution in [0.2, 0.25) is 5.02 Å². The zero-order valence-electron chi connectivity index (χ0n) is 17.0. The summed E-state index contributed by atoms with van der Waals surface area (Å²) >= 11 is 7.61. The lowest BCUT2D eigenvalue weighted by Crippen LogP contribution is -2.30. The summed E-state index contributed by atoms with van der Waals surface area (Å²) < 4.78 is 13.1. The molecule has 3 rings (SSSR count). The van der Waals surface area contributed by atoms with Crippen LogP contribution in [0, 0.1) is 5.82 Å². The molecule has 0 aliphatic rings. The topological polar surface area (TPSA) is 71.1 Å². The van der Waals surface area contributed by atoms with E-state index in [0.717, 1.165) is 5.56 Å². The summed E-state index contributed by atoms with van der Waals surface area (Å²) in [5.74, 6) is -0.409. The molecule has 2 amide bonds. The molecular weight excluding hydrogens is 437 g/mol. The highest BCUT2D eigenvalue weighted by Gasteiger charge is 2.16. The molecule has 160 valence electrons. The Bertz CT molecular complexity index is 1090. The number of thioether (sulfide) groups is 1. The number of benzene rings is 2. The fraction of sp³-hybridized carbons (Fsp3) is 0.174. The smallest absolute Gasteiger partial charge is 0.258 e. The highest BCUT2D eigenvalue weighted by atomic mass is 35.5. The van der Waals surface area contributed by atoms with E-state index in [9.17, 15) is 14.0 Å². The second-order valence-electron chi connectivity index (χ2n) is 7.05. The Kier molecular flexibility index (Phi) is 7.65. The van der Waals surface area contributed by atoms with Crippen molar-refractivity contribution in [3.63, 3.8) is 0 Å². The molecule has 1 aromatic heterocycles. The SMILES string of the molecule is CC(C)NC(=O)c1ccc(Cl)c(NC(=O)c2cccnc2SCc2ccc(F)cc2)c1. The number of halogens is 2. The molecule has 1 heterocycles. The van der Waals surface area contributed by atoms with Gasteiger partial charge in [0.25, 0.3) is 11.8 Å². The van der Waals surface area contributed by atoms with E-state index in [0.29, 0.717) is 32.6 Å². The Morgan fingerprint density at radius 3 is 2.55 bits per heavy atom. The number of nitrogens with zero attached hydrogens (tertiary/aromatic N) is 1. The largest absolute Gasteiger partial charge is 0.350 e. The highest BCUT2D eigenvalue weighted by Crippen LogP contribution is 2.27. The minimum absolute atomic E-state index is 0.0164. The number of carbonyl (C=O) groups is 2. The van der Waals surface area contributed by atoms with E-state index in [-0.39, 0.29) is 17.8 Å². The third-order valence-electron chi connectivity index (χ3n) is 4.20. The lowest BCUT2D eigenvalue weighted by Gasteiger charge is -2.13. The second kappa shape index (κ2) is 10.4. The molecule has 0 saturated heterocycles. The second-order valence-corrected chi connectivity index (χ2v) is 8.42. The van der Waals surface area contributed by atoms with Crippen molar-refractivity contribution < 1.29 is 14.0 Å². The zero-order chi connectivity index (χ0) is 22.4. The Labute approximate surface area is 189 Å². The summed E-state index contributed by atoms with van der Waals surface area (Å²) in [4.78, 5) is 29.5. The van der Waals surface area contributed by atoms with Crippen LogP contribution in [0.1, 0.15) is 40.1 Å². The van der Waals surface area contributed by atoms with Gasteiger partial charge in [-0.2, -0.15) is 0 Å². The minimum atomic E-state index is -0.391. The van der Waals surface area contributed by atoms with E-state index in [1.807, 2.05) is 13.8 Å². The molecule has 0 atom stereocenters. The Hall–Kier alpha value is -2.90. The van der Waals surface area contributed by atoms with Crippen molar-refractivity contribution in [1.82, 2.24) is 10.3 Å². The third-order valence-corrected chi connectivity index (χ3v) is 5.61. The van der Waals surface area contributed by atoms with E-state index in [1.165, 1.54) is 23.9 Å². The van der Waals surface area contributed by atoms with Gasteiger partial charge in [-0.05, 0) is 61.9 Å². The molecule has 0 spiro atoms. The summed E-state index contributed by atoms with van der Waals surface area (Å²) in [7, 11) is 0. The molecule has 2 N–H and O–H groups in total.